The SMILES string of the molecule is CN(C1CCN(C(C)(C)C)CC1)C1(C#N)CC1. The number of piperidine rings is 1. The number of likely N-dealkylation sites (tertiary alicyclic amines) is 1. The fourth-order valence-electron chi connectivity index (χ4n) is 2.94. The summed E-state index contributed by atoms with van der Waals surface area (Å²) >= 11 is 0. The molecule has 0 radical (unpaired) electrons. The lowest BCUT2D eigenvalue weighted by atomic mass is 9.96. The third kappa shape index (κ3) is 2.48. The van der Waals surface area contributed by atoms with E-state index in [1.165, 1.54) is 25.9 Å². The Morgan fingerprint density at radius 1 is 1.24 bits per heavy atom. The van der Waals surface area contributed by atoms with Gasteiger partial charge in [0.25, 0.3) is 0 Å². The average Bonchev–Trinajstić information content (AvgIpc) is 3.08. The molecular weight excluding hydrogens is 210 g/mol. The van der Waals surface area contributed by atoms with Gasteiger partial charge in [0.2, 0.25) is 0 Å². The molecule has 96 valence electrons. The zero-order valence-corrected chi connectivity index (χ0v) is 11.7. The molecule has 1 aliphatic heterocycles. The van der Waals surface area contributed by atoms with Crippen molar-refractivity contribution in [3.8, 4) is 6.07 Å². The molecule has 3 nitrogen and oxygen atoms in total. The van der Waals surface area contributed by atoms with Crippen LogP contribution in [0, 0.1) is 11.3 Å². The lowest BCUT2D eigenvalue weighted by Gasteiger charge is -2.44. The van der Waals surface area contributed by atoms with Gasteiger partial charge in [-0.2, -0.15) is 5.26 Å². The maximum absolute atomic E-state index is 9.24. The molecule has 3 heteroatoms. The van der Waals surface area contributed by atoms with E-state index >= 15 is 0 Å². The van der Waals surface area contributed by atoms with Crippen LogP contribution in [-0.2, 0) is 0 Å². The number of rotatable bonds is 2. The predicted octanol–water partition coefficient (Wildman–Crippen LogP) is 2.24. The summed E-state index contributed by atoms with van der Waals surface area (Å²) in [5, 5.41) is 9.24. The molecule has 0 aromatic carbocycles. The lowest BCUT2D eigenvalue weighted by Crippen LogP contribution is -2.52. The normalized spacial score (nSPS) is 25.9. The van der Waals surface area contributed by atoms with Crippen molar-refractivity contribution in [2.75, 3.05) is 20.1 Å². The maximum Gasteiger partial charge on any atom is 0.109 e. The fourth-order valence-corrected chi connectivity index (χ4v) is 2.94. The molecule has 1 saturated carbocycles. The van der Waals surface area contributed by atoms with Gasteiger partial charge in [-0.1, -0.05) is 0 Å². The Morgan fingerprint density at radius 2 is 1.76 bits per heavy atom. The molecule has 0 aromatic rings. The van der Waals surface area contributed by atoms with Crippen LogP contribution in [0.3, 0.4) is 0 Å². The molecule has 0 unspecified atom stereocenters. The summed E-state index contributed by atoms with van der Waals surface area (Å²) in [6.07, 6.45) is 4.55. The van der Waals surface area contributed by atoms with Crippen LogP contribution in [0.25, 0.3) is 0 Å². The third-order valence-electron chi connectivity index (χ3n) is 4.57. The van der Waals surface area contributed by atoms with Gasteiger partial charge < -0.3 is 0 Å². The molecule has 2 fully saturated rings. The average molecular weight is 235 g/mol. The first-order valence-electron chi connectivity index (χ1n) is 6.78. The Balaban J connectivity index is 1.90. The molecule has 1 aliphatic carbocycles. The Kier molecular flexibility index (Phi) is 3.22. The first-order valence-corrected chi connectivity index (χ1v) is 6.78. The van der Waals surface area contributed by atoms with Gasteiger partial charge in [-0.3, -0.25) is 9.80 Å². The topological polar surface area (TPSA) is 30.3 Å². The number of hydrogen-bond donors (Lipinski definition) is 0. The minimum absolute atomic E-state index is 0.103. The highest BCUT2D eigenvalue weighted by molar-refractivity contribution is 5.19. The minimum Gasteiger partial charge on any atom is -0.298 e. The van der Waals surface area contributed by atoms with E-state index in [9.17, 15) is 5.26 Å². The van der Waals surface area contributed by atoms with E-state index in [0.29, 0.717) is 6.04 Å². The summed E-state index contributed by atoms with van der Waals surface area (Å²) in [6, 6.07) is 3.11. The molecule has 2 rings (SSSR count). The largest absolute Gasteiger partial charge is 0.298 e. The van der Waals surface area contributed by atoms with Crippen LogP contribution in [0.15, 0.2) is 0 Å². The van der Waals surface area contributed by atoms with Crippen LogP contribution in [0.5, 0.6) is 0 Å². The predicted molar refractivity (Wildman–Crippen MR) is 69.7 cm³/mol. The van der Waals surface area contributed by atoms with Gasteiger partial charge >= 0.3 is 0 Å². The second kappa shape index (κ2) is 4.26. The zero-order chi connectivity index (χ0) is 12.7. The van der Waals surface area contributed by atoms with Gasteiger partial charge in [-0.05, 0) is 53.5 Å². The summed E-state index contributed by atoms with van der Waals surface area (Å²) < 4.78 is 0. The van der Waals surface area contributed by atoms with E-state index < -0.39 is 0 Å². The number of nitriles is 1. The van der Waals surface area contributed by atoms with Gasteiger partial charge in [-0.15, -0.1) is 0 Å². The molecule has 17 heavy (non-hydrogen) atoms. The summed E-state index contributed by atoms with van der Waals surface area (Å²) in [5.41, 5.74) is 0.185. The molecule has 1 saturated heterocycles. The standard InChI is InChI=1S/C14H25N3/c1-13(2,3)17-9-5-12(6-10-17)16(4)14(11-15)7-8-14/h12H,5-10H2,1-4H3. The quantitative estimate of drug-likeness (QED) is 0.735. The van der Waals surface area contributed by atoms with Crippen molar-refractivity contribution in [2.45, 2.75) is 63.6 Å². The second-order valence-electron chi connectivity index (χ2n) is 6.64. The smallest absolute Gasteiger partial charge is 0.109 e. The van der Waals surface area contributed by atoms with Crippen LogP contribution in [-0.4, -0.2) is 47.1 Å². The minimum atomic E-state index is -0.103. The summed E-state index contributed by atoms with van der Waals surface area (Å²) in [4.78, 5) is 4.91. The fraction of sp³-hybridized carbons (Fsp3) is 0.929. The number of hydrogen-bond acceptors (Lipinski definition) is 3. The van der Waals surface area contributed by atoms with E-state index in [-0.39, 0.29) is 11.1 Å². The van der Waals surface area contributed by atoms with Crippen LogP contribution >= 0.6 is 0 Å². The van der Waals surface area contributed by atoms with Crippen molar-refractivity contribution in [1.82, 2.24) is 9.80 Å². The van der Waals surface area contributed by atoms with E-state index in [1.54, 1.807) is 0 Å². The Morgan fingerprint density at radius 3 is 2.12 bits per heavy atom. The highest BCUT2D eigenvalue weighted by Crippen LogP contribution is 2.42. The van der Waals surface area contributed by atoms with Crippen molar-refractivity contribution in [1.29, 1.82) is 5.26 Å². The molecule has 0 bridgehead atoms. The Bertz CT molecular complexity index is 311. The summed E-state index contributed by atoms with van der Waals surface area (Å²) in [5.74, 6) is 0. The van der Waals surface area contributed by atoms with Gasteiger partial charge in [0, 0.05) is 24.7 Å². The molecule has 0 aromatic heterocycles. The van der Waals surface area contributed by atoms with Crippen molar-refractivity contribution in [3.05, 3.63) is 0 Å². The molecular formula is C14H25N3. The van der Waals surface area contributed by atoms with Crippen LogP contribution in [0.2, 0.25) is 0 Å². The number of nitrogens with zero attached hydrogens (tertiary/aromatic N) is 3. The Labute approximate surface area is 105 Å². The van der Waals surface area contributed by atoms with Crippen molar-refractivity contribution in [2.24, 2.45) is 0 Å². The molecule has 0 atom stereocenters. The van der Waals surface area contributed by atoms with Gasteiger partial charge in [0.1, 0.15) is 5.54 Å². The third-order valence-corrected chi connectivity index (χ3v) is 4.57. The van der Waals surface area contributed by atoms with Gasteiger partial charge in [0.05, 0.1) is 6.07 Å². The van der Waals surface area contributed by atoms with E-state index in [2.05, 4.69) is 43.7 Å². The molecule has 2 aliphatic rings. The second-order valence-corrected chi connectivity index (χ2v) is 6.64. The van der Waals surface area contributed by atoms with Crippen LogP contribution in [0.4, 0.5) is 0 Å². The first kappa shape index (κ1) is 12.9. The maximum atomic E-state index is 9.24. The van der Waals surface area contributed by atoms with Gasteiger partial charge in [0.15, 0.2) is 0 Å². The van der Waals surface area contributed by atoms with Crippen LogP contribution < -0.4 is 0 Å². The van der Waals surface area contributed by atoms with E-state index in [0.717, 1.165) is 12.8 Å². The molecule has 1 heterocycles. The lowest BCUT2D eigenvalue weighted by molar-refractivity contribution is 0.0545. The van der Waals surface area contributed by atoms with Crippen molar-refractivity contribution in [3.63, 3.8) is 0 Å². The molecule has 0 spiro atoms. The van der Waals surface area contributed by atoms with Gasteiger partial charge in [-0.25, -0.2) is 0 Å². The van der Waals surface area contributed by atoms with Crippen LogP contribution in [0.1, 0.15) is 46.5 Å². The summed E-state index contributed by atoms with van der Waals surface area (Å²) in [6.45, 7) is 9.19. The Hall–Kier alpha value is -0.590. The van der Waals surface area contributed by atoms with E-state index in [1.807, 2.05) is 0 Å². The summed E-state index contributed by atoms with van der Waals surface area (Å²) in [7, 11) is 2.15. The molecule has 0 amide bonds. The van der Waals surface area contributed by atoms with Crippen molar-refractivity contribution >= 4 is 0 Å². The highest BCUT2D eigenvalue weighted by Gasteiger charge is 2.49. The zero-order valence-electron chi connectivity index (χ0n) is 11.7. The van der Waals surface area contributed by atoms with E-state index in [4.69, 9.17) is 0 Å². The first-order chi connectivity index (χ1) is 7.89. The van der Waals surface area contributed by atoms with Crippen molar-refractivity contribution < 1.29 is 0 Å². The molecule has 0 N–H and O–H groups in total. The highest BCUT2D eigenvalue weighted by atomic mass is 15.3. The monoisotopic (exact) mass is 235 g/mol.